The molecule has 2 aromatic rings. The second-order valence-corrected chi connectivity index (χ2v) is 6.14. The molecule has 0 saturated heterocycles. The summed E-state index contributed by atoms with van der Waals surface area (Å²) in [6, 6.07) is 9.21. The molecular formula is C17H15NO4S. The maximum Gasteiger partial charge on any atom is 0.363 e. The molecule has 0 spiro atoms. The number of aryl methyl sites for hydroxylation is 1. The van der Waals surface area contributed by atoms with E-state index in [-0.39, 0.29) is 5.70 Å². The van der Waals surface area contributed by atoms with Crippen LogP contribution < -0.4 is 9.47 Å². The number of hydrogen-bond acceptors (Lipinski definition) is 6. The first-order valence-electron chi connectivity index (χ1n) is 6.92. The quantitative estimate of drug-likeness (QED) is 0.637. The number of methoxy groups -OCH3 is 2. The molecule has 0 N–H and O–H groups in total. The number of cyclic esters (lactones) is 1. The average molecular weight is 329 g/mol. The maximum atomic E-state index is 12.0. The minimum absolute atomic E-state index is 0.245. The molecular weight excluding hydrogens is 314 g/mol. The Morgan fingerprint density at radius 2 is 2.00 bits per heavy atom. The SMILES string of the molecule is COc1ccc(/C=C2\N=C(c3ccc(C)s3)OC2=O)c(OC)c1. The van der Waals surface area contributed by atoms with Crippen molar-refractivity contribution in [1.29, 1.82) is 0 Å². The van der Waals surface area contributed by atoms with Gasteiger partial charge in [0, 0.05) is 16.5 Å². The Hall–Kier alpha value is -2.60. The van der Waals surface area contributed by atoms with Gasteiger partial charge in [-0.05, 0) is 37.3 Å². The van der Waals surface area contributed by atoms with E-state index in [1.807, 2.05) is 19.1 Å². The summed E-state index contributed by atoms with van der Waals surface area (Å²) in [6.45, 7) is 1.99. The van der Waals surface area contributed by atoms with Crippen LogP contribution >= 0.6 is 11.3 Å². The normalized spacial score (nSPS) is 15.5. The van der Waals surface area contributed by atoms with E-state index in [1.165, 1.54) is 11.3 Å². The second-order valence-electron chi connectivity index (χ2n) is 4.85. The average Bonchev–Trinajstić information content (AvgIpc) is 3.14. The zero-order valence-corrected chi connectivity index (χ0v) is 13.8. The first kappa shape index (κ1) is 15.3. The van der Waals surface area contributed by atoms with Gasteiger partial charge in [0.15, 0.2) is 5.70 Å². The summed E-state index contributed by atoms with van der Waals surface area (Å²) in [5.74, 6) is 1.15. The predicted molar refractivity (Wildman–Crippen MR) is 89.2 cm³/mol. The summed E-state index contributed by atoms with van der Waals surface area (Å²) in [4.78, 5) is 18.3. The third-order valence-electron chi connectivity index (χ3n) is 3.30. The van der Waals surface area contributed by atoms with E-state index in [9.17, 15) is 4.79 Å². The first-order chi connectivity index (χ1) is 11.1. The van der Waals surface area contributed by atoms with Gasteiger partial charge in [0.1, 0.15) is 11.5 Å². The van der Waals surface area contributed by atoms with Crippen molar-refractivity contribution in [2.24, 2.45) is 4.99 Å². The number of rotatable bonds is 4. The smallest absolute Gasteiger partial charge is 0.363 e. The van der Waals surface area contributed by atoms with Crippen molar-refractivity contribution in [3.8, 4) is 11.5 Å². The van der Waals surface area contributed by atoms with Gasteiger partial charge in [0.2, 0.25) is 5.90 Å². The lowest BCUT2D eigenvalue weighted by atomic mass is 10.1. The zero-order chi connectivity index (χ0) is 16.4. The number of benzene rings is 1. The molecule has 118 valence electrons. The van der Waals surface area contributed by atoms with Gasteiger partial charge in [-0.25, -0.2) is 9.79 Å². The lowest BCUT2D eigenvalue weighted by Gasteiger charge is -2.07. The molecule has 0 fully saturated rings. The molecule has 0 aliphatic carbocycles. The molecule has 6 heteroatoms. The van der Waals surface area contributed by atoms with Crippen LogP contribution in [0.25, 0.3) is 6.08 Å². The van der Waals surface area contributed by atoms with Crippen molar-refractivity contribution < 1.29 is 19.0 Å². The Bertz CT molecular complexity index is 820. The van der Waals surface area contributed by atoms with E-state index in [4.69, 9.17) is 14.2 Å². The van der Waals surface area contributed by atoms with Gasteiger partial charge in [-0.1, -0.05) is 0 Å². The highest BCUT2D eigenvalue weighted by molar-refractivity contribution is 7.14. The summed E-state index contributed by atoms with van der Waals surface area (Å²) in [6.07, 6.45) is 1.65. The van der Waals surface area contributed by atoms with E-state index in [2.05, 4.69) is 4.99 Å². The van der Waals surface area contributed by atoms with Gasteiger partial charge in [-0.3, -0.25) is 0 Å². The topological polar surface area (TPSA) is 57.1 Å². The molecule has 0 saturated carbocycles. The van der Waals surface area contributed by atoms with Crippen molar-refractivity contribution in [1.82, 2.24) is 0 Å². The molecule has 0 atom stereocenters. The fourth-order valence-corrected chi connectivity index (χ4v) is 2.94. The van der Waals surface area contributed by atoms with Crippen LogP contribution in [0.2, 0.25) is 0 Å². The second kappa shape index (κ2) is 6.26. The summed E-state index contributed by atoms with van der Waals surface area (Å²) in [7, 11) is 3.15. The summed E-state index contributed by atoms with van der Waals surface area (Å²) < 4.78 is 15.7. The van der Waals surface area contributed by atoms with Crippen molar-refractivity contribution in [2.45, 2.75) is 6.92 Å². The van der Waals surface area contributed by atoms with Gasteiger partial charge in [0.25, 0.3) is 0 Å². The highest BCUT2D eigenvalue weighted by Gasteiger charge is 2.25. The Kier molecular flexibility index (Phi) is 4.16. The number of esters is 1. The van der Waals surface area contributed by atoms with E-state index >= 15 is 0 Å². The van der Waals surface area contributed by atoms with Crippen molar-refractivity contribution in [3.05, 3.63) is 51.3 Å². The van der Waals surface area contributed by atoms with E-state index < -0.39 is 5.97 Å². The minimum atomic E-state index is -0.469. The fraction of sp³-hybridized carbons (Fsp3) is 0.176. The maximum absolute atomic E-state index is 12.0. The molecule has 1 aromatic carbocycles. The summed E-state index contributed by atoms with van der Waals surface area (Å²) in [5, 5.41) is 0. The van der Waals surface area contributed by atoms with Crippen LogP contribution in [0.5, 0.6) is 11.5 Å². The molecule has 0 bridgehead atoms. The van der Waals surface area contributed by atoms with Crippen LogP contribution in [-0.4, -0.2) is 26.1 Å². The zero-order valence-electron chi connectivity index (χ0n) is 13.0. The number of thiophene rings is 1. The van der Waals surface area contributed by atoms with Crippen LogP contribution in [0.4, 0.5) is 0 Å². The van der Waals surface area contributed by atoms with Gasteiger partial charge >= 0.3 is 5.97 Å². The van der Waals surface area contributed by atoms with E-state index in [0.29, 0.717) is 17.4 Å². The molecule has 1 aliphatic heterocycles. The largest absolute Gasteiger partial charge is 0.497 e. The molecule has 3 rings (SSSR count). The molecule has 5 nitrogen and oxygen atoms in total. The highest BCUT2D eigenvalue weighted by Crippen LogP contribution is 2.29. The Labute approximate surface area is 137 Å². The van der Waals surface area contributed by atoms with E-state index in [1.54, 1.807) is 38.5 Å². The predicted octanol–water partition coefficient (Wildman–Crippen LogP) is 3.42. The van der Waals surface area contributed by atoms with Gasteiger partial charge < -0.3 is 14.2 Å². The van der Waals surface area contributed by atoms with Gasteiger partial charge in [-0.2, -0.15) is 0 Å². The Morgan fingerprint density at radius 3 is 2.65 bits per heavy atom. The van der Waals surface area contributed by atoms with Crippen molar-refractivity contribution in [2.75, 3.05) is 14.2 Å². The Balaban J connectivity index is 1.96. The van der Waals surface area contributed by atoms with Crippen LogP contribution in [0.3, 0.4) is 0 Å². The standard InChI is InChI=1S/C17H15NO4S/c1-10-4-7-15(23-10)16-18-13(17(19)22-16)8-11-5-6-12(20-2)9-14(11)21-3/h4-9H,1-3H3/b13-8-. The van der Waals surface area contributed by atoms with Crippen LogP contribution in [0, 0.1) is 6.92 Å². The molecule has 1 aliphatic rings. The number of carbonyl (C=O) groups is 1. The van der Waals surface area contributed by atoms with Gasteiger partial charge in [-0.15, -0.1) is 11.3 Å². The molecule has 0 unspecified atom stereocenters. The number of carbonyl (C=O) groups excluding carboxylic acids is 1. The minimum Gasteiger partial charge on any atom is -0.497 e. The van der Waals surface area contributed by atoms with E-state index in [0.717, 1.165) is 15.3 Å². The number of aliphatic imine (C=N–C) groups is 1. The number of ether oxygens (including phenoxy) is 3. The molecule has 23 heavy (non-hydrogen) atoms. The lowest BCUT2D eigenvalue weighted by Crippen LogP contribution is -2.03. The lowest BCUT2D eigenvalue weighted by molar-refractivity contribution is -0.129. The molecule has 1 aromatic heterocycles. The summed E-state index contributed by atoms with van der Waals surface area (Å²) in [5.41, 5.74) is 0.974. The van der Waals surface area contributed by atoms with Crippen LogP contribution in [-0.2, 0) is 9.53 Å². The monoisotopic (exact) mass is 329 g/mol. The van der Waals surface area contributed by atoms with Crippen LogP contribution in [0.1, 0.15) is 15.3 Å². The van der Waals surface area contributed by atoms with Crippen LogP contribution in [0.15, 0.2) is 41.0 Å². The van der Waals surface area contributed by atoms with Crippen molar-refractivity contribution >= 4 is 29.3 Å². The third kappa shape index (κ3) is 3.12. The number of nitrogens with zero attached hydrogens (tertiary/aromatic N) is 1. The highest BCUT2D eigenvalue weighted by atomic mass is 32.1. The van der Waals surface area contributed by atoms with Crippen molar-refractivity contribution in [3.63, 3.8) is 0 Å². The van der Waals surface area contributed by atoms with Gasteiger partial charge in [0.05, 0.1) is 19.1 Å². The first-order valence-corrected chi connectivity index (χ1v) is 7.74. The number of hydrogen-bond donors (Lipinski definition) is 0. The third-order valence-corrected chi connectivity index (χ3v) is 4.29. The fourth-order valence-electron chi connectivity index (χ4n) is 2.15. The molecule has 0 amide bonds. The molecule has 0 radical (unpaired) electrons. The summed E-state index contributed by atoms with van der Waals surface area (Å²) >= 11 is 1.53. The molecule has 2 heterocycles. The Morgan fingerprint density at radius 1 is 1.17 bits per heavy atom.